The van der Waals surface area contributed by atoms with Crippen LogP contribution in [0.4, 0.5) is 0 Å². The van der Waals surface area contributed by atoms with Gasteiger partial charge in [-0.2, -0.15) is 0 Å². The van der Waals surface area contributed by atoms with Crippen LogP contribution in [-0.2, 0) is 18.3 Å². The first kappa shape index (κ1) is 21.1. The highest BCUT2D eigenvalue weighted by atomic mass is 35.5. The van der Waals surface area contributed by atoms with Crippen LogP contribution in [0.3, 0.4) is 0 Å². The lowest BCUT2D eigenvalue weighted by Gasteiger charge is -2.35. The minimum Gasteiger partial charge on any atom is -0.493 e. The Hall–Kier alpha value is -2.25. The van der Waals surface area contributed by atoms with E-state index in [1.54, 1.807) is 20.4 Å². The summed E-state index contributed by atoms with van der Waals surface area (Å²) in [5, 5.41) is 3.36. The van der Waals surface area contributed by atoms with Crippen molar-refractivity contribution in [2.75, 3.05) is 33.9 Å². The lowest BCUT2D eigenvalue weighted by atomic mass is 10.1. The van der Waals surface area contributed by atoms with Crippen LogP contribution >= 0.6 is 12.4 Å². The molecular formula is C19H27ClN4O3. The van der Waals surface area contributed by atoms with Crippen molar-refractivity contribution in [2.45, 2.75) is 18.9 Å². The first-order valence-corrected chi connectivity index (χ1v) is 8.82. The number of carbonyl (C=O) groups is 1. The maximum atomic E-state index is 12.9. The summed E-state index contributed by atoms with van der Waals surface area (Å²) in [5.41, 5.74) is 1.06. The van der Waals surface area contributed by atoms with E-state index in [-0.39, 0.29) is 24.4 Å². The van der Waals surface area contributed by atoms with Gasteiger partial charge in [0.15, 0.2) is 11.5 Å². The van der Waals surface area contributed by atoms with Gasteiger partial charge in [0.25, 0.3) is 0 Å². The number of methoxy groups -OCH3 is 2. The number of carbonyl (C=O) groups excluding carboxylic acids is 1. The Kier molecular flexibility index (Phi) is 7.50. The van der Waals surface area contributed by atoms with E-state index >= 15 is 0 Å². The van der Waals surface area contributed by atoms with Crippen molar-refractivity contribution < 1.29 is 14.3 Å². The summed E-state index contributed by atoms with van der Waals surface area (Å²) >= 11 is 0. The molecule has 0 spiro atoms. The first-order valence-electron chi connectivity index (χ1n) is 8.82. The molecule has 1 N–H and O–H groups in total. The van der Waals surface area contributed by atoms with Gasteiger partial charge in [0.2, 0.25) is 5.91 Å². The molecule has 2 heterocycles. The average Bonchev–Trinajstić information content (AvgIpc) is 3.11. The van der Waals surface area contributed by atoms with Crippen LogP contribution < -0.4 is 14.8 Å². The third-order valence-electron chi connectivity index (χ3n) is 4.80. The molecule has 1 amide bonds. The summed E-state index contributed by atoms with van der Waals surface area (Å²) in [6.45, 7) is 2.23. The van der Waals surface area contributed by atoms with Crippen LogP contribution in [0.5, 0.6) is 11.5 Å². The molecule has 148 valence electrons. The Bertz CT molecular complexity index is 765. The van der Waals surface area contributed by atoms with Gasteiger partial charge in [-0.05, 0) is 24.1 Å². The molecule has 1 saturated heterocycles. The van der Waals surface area contributed by atoms with Gasteiger partial charge in [-0.15, -0.1) is 12.4 Å². The number of amides is 1. The third-order valence-corrected chi connectivity index (χ3v) is 4.80. The van der Waals surface area contributed by atoms with Crippen LogP contribution in [-0.4, -0.2) is 54.2 Å². The number of aromatic nitrogens is 2. The van der Waals surface area contributed by atoms with Gasteiger partial charge < -0.3 is 24.3 Å². The predicted molar refractivity (Wildman–Crippen MR) is 106 cm³/mol. The van der Waals surface area contributed by atoms with Crippen LogP contribution in [0.1, 0.15) is 23.9 Å². The monoisotopic (exact) mass is 394 g/mol. The van der Waals surface area contributed by atoms with Gasteiger partial charge in [0.1, 0.15) is 11.9 Å². The first-order chi connectivity index (χ1) is 12.6. The van der Waals surface area contributed by atoms with Crippen molar-refractivity contribution in [1.82, 2.24) is 19.8 Å². The number of halogens is 1. The van der Waals surface area contributed by atoms with E-state index in [0.717, 1.165) is 24.5 Å². The number of piperazine rings is 1. The van der Waals surface area contributed by atoms with Crippen LogP contribution in [0.15, 0.2) is 30.6 Å². The Morgan fingerprint density at radius 2 is 2.07 bits per heavy atom. The molecule has 0 aliphatic carbocycles. The van der Waals surface area contributed by atoms with Crippen molar-refractivity contribution in [3.05, 3.63) is 42.0 Å². The molecule has 27 heavy (non-hydrogen) atoms. The van der Waals surface area contributed by atoms with Gasteiger partial charge in [0.05, 0.1) is 14.2 Å². The molecule has 1 atom stereocenters. The second-order valence-electron chi connectivity index (χ2n) is 6.39. The Labute approximate surface area is 166 Å². The summed E-state index contributed by atoms with van der Waals surface area (Å²) < 4.78 is 12.6. The molecular weight excluding hydrogens is 368 g/mol. The third kappa shape index (κ3) is 4.73. The fourth-order valence-corrected chi connectivity index (χ4v) is 3.36. The highest BCUT2D eigenvalue weighted by Crippen LogP contribution is 2.28. The summed E-state index contributed by atoms with van der Waals surface area (Å²) in [5.74, 6) is 2.44. The van der Waals surface area contributed by atoms with Gasteiger partial charge in [0, 0.05) is 45.5 Å². The van der Waals surface area contributed by atoms with Crippen molar-refractivity contribution >= 4 is 18.3 Å². The number of imidazole rings is 1. The quantitative estimate of drug-likeness (QED) is 0.811. The maximum Gasteiger partial charge on any atom is 0.223 e. The zero-order valence-corrected chi connectivity index (χ0v) is 16.8. The highest BCUT2D eigenvalue weighted by Gasteiger charge is 2.30. The molecule has 0 bridgehead atoms. The molecule has 2 aromatic rings. The van der Waals surface area contributed by atoms with Crippen LogP contribution in [0, 0.1) is 0 Å². The Balaban J connectivity index is 0.00000261. The molecule has 1 aromatic carbocycles. The molecule has 8 heteroatoms. The lowest BCUT2D eigenvalue weighted by molar-refractivity contribution is -0.134. The fraction of sp³-hybridized carbons (Fsp3) is 0.474. The Morgan fingerprint density at radius 1 is 1.30 bits per heavy atom. The van der Waals surface area contributed by atoms with Crippen molar-refractivity contribution in [3.8, 4) is 11.5 Å². The number of nitrogens with one attached hydrogen (secondary N) is 1. The predicted octanol–water partition coefficient (Wildman–Crippen LogP) is 1.96. The van der Waals surface area contributed by atoms with Gasteiger partial charge in [-0.1, -0.05) is 6.07 Å². The van der Waals surface area contributed by atoms with Crippen molar-refractivity contribution in [3.63, 3.8) is 0 Å². The second kappa shape index (κ2) is 9.62. The molecule has 1 aliphatic rings. The summed E-state index contributed by atoms with van der Waals surface area (Å²) in [6.07, 6.45) is 4.80. The number of benzene rings is 1. The molecule has 1 aliphatic heterocycles. The summed E-state index contributed by atoms with van der Waals surface area (Å²) in [6, 6.07) is 5.75. The normalized spacial score (nSPS) is 16.6. The zero-order valence-electron chi connectivity index (χ0n) is 16.0. The topological polar surface area (TPSA) is 68.6 Å². The molecule has 1 aromatic heterocycles. The van der Waals surface area contributed by atoms with E-state index in [4.69, 9.17) is 9.47 Å². The van der Waals surface area contributed by atoms with E-state index in [9.17, 15) is 4.79 Å². The van der Waals surface area contributed by atoms with Gasteiger partial charge in [-0.25, -0.2) is 4.98 Å². The molecule has 0 radical (unpaired) electrons. The summed E-state index contributed by atoms with van der Waals surface area (Å²) in [7, 11) is 5.19. The maximum absolute atomic E-state index is 12.9. The average molecular weight is 395 g/mol. The zero-order chi connectivity index (χ0) is 18.5. The minimum atomic E-state index is -0.0262. The molecule has 3 rings (SSSR count). The number of hydrogen-bond donors (Lipinski definition) is 1. The van der Waals surface area contributed by atoms with E-state index in [0.29, 0.717) is 30.9 Å². The van der Waals surface area contributed by atoms with E-state index in [1.165, 1.54) is 0 Å². The largest absolute Gasteiger partial charge is 0.493 e. The Morgan fingerprint density at radius 3 is 2.74 bits per heavy atom. The van der Waals surface area contributed by atoms with Crippen molar-refractivity contribution in [1.29, 1.82) is 0 Å². The number of hydrogen-bond acceptors (Lipinski definition) is 5. The van der Waals surface area contributed by atoms with E-state index in [1.807, 2.05) is 40.9 Å². The summed E-state index contributed by atoms with van der Waals surface area (Å²) in [4.78, 5) is 19.2. The van der Waals surface area contributed by atoms with Crippen LogP contribution in [0.25, 0.3) is 0 Å². The number of nitrogens with zero attached hydrogens (tertiary/aromatic N) is 3. The molecule has 1 unspecified atom stereocenters. The molecule has 1 fully saturated rings. The SMILES string of the molecule is COc1ccc(CCC(=O)N2CCNCC2c2nccn2C)cc1OC.Cl. The number of ether oxygens (including phenoxy) is 2. The van der Waals surface area contributed by atoms with E-state index in [2.05, 4.69) is 10.3 Å². The number of rotatable bonds is 6. The van der Waals surface area contributed by atoms with E-state index < -0.39 is 0 Å². The second-order valence-corrected chi connectivity index (χ2v) is 6.39. The fourth-order valence-electron chi connectivity index (χ4n) is 3.36. The smallest absolute Gasteiger partial charge is 0.223 e. The molecule has 0 saturated carbocycles. The standard InChI is InChI=1S/C19H26N4O3.ClH/c1-22-10-9-21-19(22)15-13-20-8-11-23(15)18(24)7-5-14-4-6-16(25-2)17(12-14)26-3;/h4,6,9-10,12,15,20H,5,7-8,11,13H2,1-3H3;1H. The molecule has 7 nitrogen and oxygen atoms in total. The highest BCUT2D eigenvalue weighted by molar-refractivity contribution is 5.85. The van der Waals surface area contributed by atoms with Crippen LogP contribution in [0.2, 0.25) is 0 Å². The lowest BCUT2D eigenvalue weighted by Crippen LogP contribution is -2.49. The minimum absolute atomic E-state index is 0. The number of aryl methyl sites for hydroxylation is 2. The van der Waals surface area contributed by atoms with Gasteiger partial charge >= 0.3 is 0 Å². The van der Waals surface area contributed by atoms with Gasteiger partial charge in [-0.3, -0.25) is 4.79 Å². The van der Waals surface area contributed by atoms with Crippen molar-refractivity contribution in [2.24, 2.45) is 7.05 Å².